The number of hydrogen-bond donors (Lipinski definition) is 2. The fraction of sp³-hybridized carbons (Fsp3) is 0.529. The molecule has 2 heterocycles. The Morgan fingerprint density at radius 1 is 1.21 bits per heavy atom. The minimum Gasteiger partial charge on any atom is -0.366 e. The maximum absolute atomic E-state index is 12.5. The molecule has 0 radical (unpaired) electrons. The Hall–Kier alpha value is -1.79. The highest BCUT2D eigenvalue weighted by atomic mass is 35.5. The third-order valence-corrected chi connectivity index (χ3v) is 5.57. The number of anilines is 1. The normalized spacial score (nSPS) is 20.3. The zero-order chi connectivity index (χ0) is 17.3. The molecule has 2 aliphatic rings. The van der Waals surface area contributed by atoms with E-state index in [2.05, 4.69) is 17.3 Å². The first-order valence-corrected chi connectivity index (χ1v) is 8.60. The number of likely N-dealkylation sites (tertiary alicyclic amines) is 2. The van der Waals surface area contributed by atoms with E-state index in [1.807, 2.05) is 4.90 Å². The molecule has 0 atom stereocenters. The van der Waals surface area contributed by atoms with E-state index in [0.717, 1.165) is 45.4 Å². The Kier molecular flexibility index (Phi) is 4.69. The van der Waals surface area contributed by atoms with E-state index in [1.165, 1.54) is 6.07 Å². The van der Waals surface area contributed by atoms with Gasteiger partial charge in [0.15, 0.2) is 0 Å². The van der Waals surface area contributed by atoms with Crippen LogP contribution in [0.2, 0.25) is 5.02 Å². The molecule has 130 valence electrons. The van der Waals surface area contributed by atoms with Crippen molar-refractivity contribution in [1.29, 1.82) is 0 Å². The number of carbonyl (C=O) groups is 2. The minimum atomic E-state index is -0.582. The molecule has 0 unspecified atom stereocenters. The fourth-order valence-corrected chi connectivity index (χ4v) is 3.88. The number of amides is 3. The van der Waals surface area contributed by atoms with Gasteiger partial charge in [-0.05, 0) is 63.0 Å². The molecular formula is C17H23ClN4O2. The Balaban J connectivity index is 1.62. The molecule has 3 amide bonds. The summed E-state index contributed by atoms with van der Waals surface area (Å²) in [6.07, 6.45) is 3.36. The molecule has 0 aliphatic carbocycles. The predicted molar refractivity (Wildman–Crippen MR) is 94.3 cm³/mol. The highest BCUT2D eigenvalue weighted by Gasteiger charge is 2.41. The Bertz CT molecular complexity index is 656. The van der Waals surface area contributed by atoms with Crippen LogP contribution in [0.1, 0.15) is 29.6 Å². The summed E-state index contributed by atoms with van der Waals surface area (Å²) in [4.78, 5) is 27.9. The van der Waals surface area contributed by atoms with Gasteiger partial charge in [-0.25, -0.2) is 4.79 Å². The average Bonchev–Trinajstić information content (AvgIpc) is 2.94. The maximum atomic E-state index is 12.5. The van der Waals surface area contributed by atoms with Gasteiger partial charge in [0.2, 0.25) is 5.91 Å². The monoisotopic (exact) mass is 350 g/mol. The van der Waals surface area contributed by atoms with Gasteiger partial charge in [-0.3, -0.25) is 4.79 Å². The topological polar surface area (TPSA) is 78.7 Å². The van der Waals surface area contributed by atoms with Gasteiger partial charge in [0.1, 0.15) is 0 Å². The molecule has 2 aliphatic heterocycles. The summed E-state index contributed by atoms with van der Waals surface area (Å²) in [5.41, 5.74) is 6.33. The molecule has 0 aromatic heterocycles. The number of halogens is 1. The van der Waals surface area contributed by atoms with Crippen LogP contribution in [0, 0.1) is 5.41 Å². The van der Waals surface area contributed by atoms with Crippen LogP contribution in [-0.2, 0) is 0 Å². The molecule has 0 bridgehead atoms. The summed E-state index contributed by atoms with van der Waals surface area (Å²) in [6.45, 7) is 3.78. The zero-order valence-corrected chi connectivity index (χ0v) is 14.6. The van der Waals surface area contributed by atoms with E-state index in [9.17, 15) is 9.59 Å². The fourth-order valence-electron chi connectivity index (χ4n) is 3.60. The van der Waals surface area contributed by atoms with Crippen molar-refractivity contribution in [2.45, 2.75) is 19.3 Å². The van der Waals surface area contributed by atoms with Gasteiger partial charge in [0.05, 0.1) is 10.6 Å². The Morgan fingerprint density at radius 3 is 2.50 bits per heavy atom. The molecule has 2 saturated heterocycles. The first-order valence-electron chi connectivity index (χ1n) is 8.22. The molecule has 24 heavy (non-hydrogen) atoms. The van der Waals surface area contributed by atoms with Crippen LogP contribution in [0.15, 0.2) is 18.2 Å². The molecule has 1 aromatic carbocycles. The Morgan fingerprint density at radius 2 is 1.88 bits per heavy atom. The van der Waals surface area contributed by atoms with Gasteiger partial charge < -0.3 is 20.9 Å². The first kappa shape index (κ1) is 17.0. The molecule has 3 N–H and O–H groups in total. The van der Waals surface area contributed by atoms with Crippen molar-refractivity contribution in [1.82, 2.24) is 9.80 Å². The number of rotatable bonds is 2. The summed E-state index contributed by atoms with van der Waals surface area (Å²) in [7, 11) is 2.14. The van der Waals surface area contributed by atoms with Crippen LogP contribution >= 0.6 is 11.6 Å². The van der Waals surface area contributed by atoms with E-state index in [0.29, 0.717) is 5.69 Å². The zero-order valence-electron chi connectivity index (χ0n) is 13.8. The highest BCUT2D eigenvalue weighted by Crippen LogP contribution is 2.40. The number of hydrogen-bond acceptors (Lipinski definition) is 3. The summed E-state index contributed by atoms with van der Waals surface area (Å²) in [5.74, 6) is -0.582. The molecule has 3 rings (SSSR count). The number of nitrogens with two attached hydrogens (primary N) is 1. The third-order valence-electron chi connectivity index (χ3n) is 5.26. The molecule has 6 nitrogen and oxygen atoms in total. The van der Waals surface area contributed by atoms with E-state index < -0.39 is 5.91 Å². The quantitative estimate of drug-likeness (QED) is 0.859. The van der Waals surface area contributed by atoms with Gasteiger partial charge in [-0.2, -0.15) is 0 Å². The first-order chi connectivity index (χ1) is 11.4. The lowest BCUT2D eigenvalue weighted by atomic mass is 9.78. The van der Waals surface area contributed by atoms with Gasteiger partial charge in [-0.15, -0.1) is 0 Å². The van der Waals surface area contributed by atoms with E-state index >= 15 is 0 Å². The van der Waals surface area contributed by atoms with Crippen LogP contribution in [0.4, 0.5) is 10.5 Å². The van der Waals surface area contributed by atoms with Crippen molar-refractivity contribution in [2.24, 2.45) is 11.1 Å². The van der Waals surface area contributed by atoms with E-state index in [4.69, 9.17) is 17.3 Å². The van der Waals surface area contributed by atoms with Crippen LogP contribution in [0.3, 0.4) is 0 Å². The SMILES string of the molecule is CN1CCC2(CC1)CCN(C(=O)Nc1ccc(C(N)=O)c(Cl)c1)C2. The number of nitrogens with zero attached hydrogens (tertiary/aromatic N) is 2. The second-order valence-electron chi connectivity index (χ2n) is 6.96. The lowest BCUT2D eigenvalue weighted by Gasteiger charge is -2.37. The van der Waals surface area contributed by atoms with Gasteiger partial charge in [-0.1, -0.05) is 11.6 Å². The lowest BCUT2D eigenvalue weighted by molar-refractivity contribution is 0.100. The largest absolute Gasteiger partial charge is 0.366 e. The standard InChI is InChI=1S/C17H23ClN4O2/c1-21-7-4-17(5-8-21)6-9-22(11-17)16(24)20-12-2-3-13(15(19)23)14(18)10-12/h2-3,10H,4-9,11H2,1H3,(H2,19,23)(H,20,24). The van der Waals surface area contributed by atoms with Crippen molar-refractivity contribution in [3.05, 3.63) is 28.8 Å². The van der Waals surface area contributed by atoms with Crippen LogP contribution in [-0.4, -0.2) is 55.0 Å². The molecule has 1 aromatic rings. The van der Waals surface area contributed by atoms with Gasteiger partial charge in [0.25, 0.3) is 0 Å². The number of carbonyl (C=O) groups excluding carboxylic acids is 2. The van der Waals surface area contributed by atoms with Crippen LogP contribution in [0.5, 0.6) is 0 Å². The molecule has 0 saturated carbocycles. The number of primary amides is 1. The maximum Gasteiger partial charge on any atom is 0.321 e. The number of benzene rings is 1. The van der Waals surface area contributed by atoms with Gasteiger partial charge in [0, 0.05) is 18.8 Å². The van der Waals surface area contributed by atoms with Crippen molar-refractivity contribution in [3.8, 4) is 0 Å². The molecule has 7 heteroatoms. The second-order valence-corrected chi connectivity index (χ2v) is 7.37. The Labute approximate surface area is 146 Å². The van der Waals surface area contributed by atoms with E-state index in [1.54, 1.807) is 12.1 Å². The predicted octanol–water partition coefficient (Wildman–Crippen LogP) is 2.39. The van der Waals surface area contributed by atoms with Crippen molar-refractivity contribution in [3.63, 3.8) is 0 Å². The average molecular weight is 351 g/mol. The summed E-state index contributed by atoms with van der Waals surface area (Å²) in [6, 6.07) is 4.61. The smallest absolute Gasteiger partial charge is 0.321 e. The van der Waals surface area contributed by atoms with Gasteiger partial charge >= 0.3 is 6.03 Å². The molecule has 1 spiro atoms. The number of nitrogens with one attached hydrogen (secondary N) is 1. The van der Waals surface area contributed by atoms with Crippen molar-refractivity contribution >= 4 is 29.2 Å². The highest BCUT2D eigenvalue weighted by molar-refractivity contribution is 6.34. The second kappa shape index (κ2) is 6.61. The molecule has 2 fully saturated rings. The molecular weight excluding hydrogens is 328 g/mol. The third kappa shape index (κ3) is 3.49. The number of urea groups is 1. The lowest BCUT2D eigenvalue weighted by Crippen LogP contribution is -2.41. The van der Waals surface area contributed by atoms with Crippen molar-refractivity contribution in [2.75, 3.05) is 38.5 Å². The van der Waals surface area contributed by atoms with Crippen LogP contribution < -0.4 is 11.1 Å². The van der Waals surface area contributed by atoms with Crippen LogP contribution in [0.25, 0.3) is 0 Å². The van der Waals surface area contributed by atoms with E-state index in [-0.39, 0.29) is 22.0 Å². The van der Waals surface area contributed by atoms with Crippen molar-refractivity contribution < 1.29 is 9.59 Å². The number of piperidine rings is 1. The summed E-state index contributed by atoms with van der Waals surface area (Å²) < 4.78 is 0. The summed E-state index contributed by atoms with van der Waals surface area (Å²) in [5, 5.41) is 3.11. The minimum absolute atomic E-state index is 0.117. The summed E-state index contributed by atoms with van der Waals surface area (Å²) >= 11 is 6.03.